The molecule has 1 heterocycles. The molecule has 68 valence electrons. The zero-order chi connectivity index (χ0) is 8.97. The van der Waals surface area contributed by atoms with E-state index in [1.165, 1.54) is 0 Å². The van der Waals surface area contributed by atoms with E-state index in [0.29, 0.717) is 6.54 Å². The molecule has 0 bridgehead atoms. The van der Waals surface area contributed by atoms with E-state index in [0.717, 1.165) is 12.8 Å². The van der Waals surface area contributed by atoms with Gasteiger partial charge in [-0.3, -0.25) is 4.79 Å². The Hall–Kier alpha value is -0.830. The highest BCUT2D eigenvalue weighted by Gasteiger charge is 2.43. The summed E-state index contributed by atoms with van der Waals surface area (Å²) in [5.41, 5.74) is 0. The SMILES string of the molecule is C=CCNC(=O)[C@@H]1O[C@H]1CCC. The molecular formula is C9H15NO2. The van der Waals surface area contributed by atoms with Gasteiger partial charge in [-0.2, -0.15) is 0 Å². The molecule has 0 aliphatic carbocycles. The second-order valence-electron chi connectivity index (χ2n) is 2.92. The summed E-state index contributed by atoms with van der Waals surface area (Å²) in [6.07, 6.45) is 3.68. The van der Waals surface area contributed by atoms with Crippen LogP contribution in [0.25, 0.3) is 0 Å². The summed E-state index contributed by atoms with van der Waals surface area (Å²) in [6.45, 7) is 6.12. The van der Waals surface area contributed by atoms with Crippen molar-refractivity contribution >= 4 is 5.91 Å². The van der Waals surface area contributed by atoms with E-state index in [2.05, 4.69) is 18.8 Å². The summed E-state index contributed by atoms with van der Waals surface area (Å²) < 4.78 is 5.17. The monoisotopic (exact) mass is 169 g/mol. The highest BCUT2D eigenvalue weighted by Crippen LogP contribution is 2.26. The number of ether oxygens (including phenoxy) is 1. The molecule has 12 heavy (non-hydrogen) atoms. The minimum atomic E-state index is -0.190. The molecule has 0 spiro atoms. The van der Waals surface area contributed by atoms with Crippen LogP contribution in [0.1, 0.15) is 19.8 Å². The van der Waals surface area contributed by atoms with E-state index in [1.54, 1.807) is 6.08 Å². The number of rotatable bonds is 5. The van der Waals surface area contributed by atoms with E-state index in [9.17, 15) is 4.79 Å². The van der Waals surface area contributed by atoms with Crippen LogP contribution in [0.3, 0.4) is 0 Å². The van der Waals surface area contributed by atoms with E-state index in [1.807, 2.05) is 0 Å². The third-order valence-corrected chi connectivity index (χ3v) is 1.83. The maximum atomic E-state index is 11.2. The van der Waals surface area contributed by atoms with Crippen LogP contribution >= 0.6 is 0 Å². The molecule has 1 N–H and O–H groups in total. The van der Waals surface area contributed by atoms with Crippen molar-refractivity contribution in [1.29, 1.82) is 0 Å². The van der Waals surface area contributed by atoms with E-state index in [-0.39, 0.29) is 18.1 Å². The van der Waals surface area contributed by atoms with E-state index in [4.69, 9.17) is 4.74 Å². The van der Waals surface area contributed by atoms with Crippen LogP contribution in [-0.2, 0) is 9.53 Å². The van der Waals surface area contributed by atoms with Gasteiger partial charge in [0.25, 0.3) is 5.91 Å². The van der Waals surface area contributed by atoms with Crippen molar-refractivity contribution in [3.8, 4) is 0 Å². The van der Waals surface area contributed by atoms with Gasteiger partial charge in [0, 0.05) is 6.54 Å². The molecule has 1 rings (SSSR count). The normalized spacial score (nSPS) is 26.4. The quantitative estimate of drug-likeness (QED) is 0.490. The molecule has 0 radical (unpaired) electrons. The summed E-state index contributed by atoms with van der Waals surface area (Å²) in [7, 11) is 0. The Morgan fingerprint density at radius 1 is 1.75 bits per heavy atom. The number of hydrogen-bond acceptors (Lipinski definition) is 2. The van der Waals surface area contributed by atoms with Crippen LogP contribution in [0.5, 0.6) is 0 Å². The minimum Gasteiger partial charge on any atom is -0.359 e. The Morgan fingerprint density at radius 3 is 3.08 bits per heavy atom. The van der Waals surface area contributed by atoms with Crippen LogP contribution in [-0.4, -0.2) is 24.7 Å². The first-order valence-electron chi connectivity index (χ1n) is 4.33. The predicted molar refractivity (Wildman–Crippen MR) is 46.8 cm³/mol. The second kappa shape index (κ2) is 4.26. The van der Waals surface area contributed by atoms with Crippen molar-refractivity contribution in [2.45, 2.75) is 32.0 Å². The molecule has 1 aliphatic rings. The zero-order valence-corrected chi connectivity index (χ0v) is 7.38. The first kappa shape index (κ1) is 9.26. The molecule has 2 atom stereocenters. The fourth-order valence-electron chi connectivity index (χ4n) is 1.15. The van der Waals surface area contributed by atoms with E-state index >= 15 is 0 Å². The molecule has 0 aromatic carbocycles. The Balaban J connectivity index is 2.14. The van der Waals surface area contributed by atoms with E-state index < -0.39 is 0 Å². The van der Waals surface area contributed by atoms with Gasteiger partial charge in [0.2, 0.25) is 0 Å². The van der Waals surface area contributed by atoms with Crippen molar-refractivity contribution in [1.82, 2.24) is 5.32 Å². The Kier molecular flexibility index (Phi) is 3.29. The maximum absolute atomic E-state index is 11.2. The van der Waals surface area contributed by atoms with Gasteiger partial charge in [-0.05, 0) is 6.42 Å². The predicted octanol–water partition coefficient (Wildman–Crippen LogP) is 0.856. The molecule has 0 unspecified atom stereocenters. The summed E-state index contributed by atoms with van der Waals surface area (Å²) in [6, 6.07) is 0. The molecule has 0 aromatic rings. The summed E-state index contributed by atoms with van der Waals surface area (Å²) >= 11 is 0. The summed E-state index contributed by atoms with van der Waals surface area (Å²) in [4.78, 5) is 11.2. The standard InChI is InChI=1S/C9H15NO2/c1-3-5-7-8(12-7)9(11)10-6-4-2/h4,7-8H,2-3,5-6H2,1H3,(H,10,11)/t7-,8+/m0/s1. The third-order valence-electron chi connectivity index (χ3n) is 1.83. The van der Waals surface area contributed by atoms with Gasteiger partial charge in [-0.15, -0.1) is 6.58 Å². The first-order chi connectivity index (χ1) is 5.79. The summed E-state index contributed by atoms with van der Waals surface area (Å²) in [5.74, 6) is -0.00616. The topological polar surface area (TPSA) is 41.6 Å². The van der Waals surface area contributed by atoms with Gasteiger partial charge >= 0.3 is 0 Å². The Morgan fingerprint density at radius 2 is 2.50 bits per heavy atom. The third kappa shape index (κ3) is 2.34. The smallest absolute Gasteiger partial charge is 0.252 e. The molecule has 1 saturated heterocycles. The molecule has 0 saturated carbocycles. The minimum absolute atomic E-state index is 0.00616. The molecular weight excluding hydrogens is 154 g/mol. The number of epoxide rings is 1. The molecule has 3 nitrogen and oxygen atoms in total. The van der Waals surface area contributed by atoms with Gasteiger partial charge in [0.15, 0.2) is 6.10 Å². The maximum Gasteiger partial charge on any atom is 0.252 e. The second-order valence-corrected chi connectivity index (χ2v) is 2.92. The fraction of sp³-hybridized carbons (Fsp3) is 0.667. The number of carbonyl (C=O) groups is 1. The average molecular weight is 169 g/mol. The largest absolute Gasteiger partial charge is 0.359 e. The lowest BCUT2D eigenvalue weighted by molar-refractivity contribution is -0.122. The lowest BCUT2D eigenvalue weighted by Gasteiger charge is -1.96. The lowest BCUT2D eigenvalue weighted by atomic mass is 10.2. The van der Waals surface area contributed by atoms with Gasteiger partial charge < -0.3 is 10.1 Å². The number of nitrogens with one attached hydrogen (secondary N) is 1. The van der Waals surface area contributed by atoms with Gasteiger partial charge in [-0.25, -0.2) is 0 Å². The highest BCUT2D eigenvalue weighted by atomic mass is 16.6. The van der Waals surface area contributed by atoms with Crippen LogP contribution in [0.15, 0.2) is 12.7 Å². The number of hydrogen-bond donors (Lipinski definition) is 1. The Bertz CT molecular complexity index is 179. The van der Waals surface area contributed by atoms with Crippen molar-refractivity contribution in [3.05, 3.63) is 12.7 Å². The Labute approximate surface area is 72.8 Å². The summed E-state index contributed by atoms with van der Waals surface area (Å²) in [5, 5.41) is 2.70. The van der Waals surface area contributed by atoms with Gasteiger partial charge in [0.05, 0.1) is 6.10 Å². The lowest BCUT2D eigenvalue weighted by Crippen LogP contribution is -2.28. The number of carbonyl (C=O) groups excluding carboxylic acids is 1. The van der Waals surface area contributed by atoms with Crippen LogP contribution in [0.4, 0.5) is 0 Å². The van der Waals surface area contributed by atoms with Crippen LogP contribution < -0.4 is 5.32 Å². The fourth-order valence-corrected chi connectivity index (χ4v) is 1.15. The molecule has 1 aliphatic heterocycles. The highest BCUT2D eigenvalue weighted by molar-refractivity contribution is 5.83. The number of amides is 1. The molecule has 0 aromatic heterocycles. The first-order valence-corrected chi connectivity index (χ1v) is 4.33. The molecule has 3 heteroatoms. The average Bonchev–Trinajstić information content (AvgIpc) is 2.80. The van der Waals surface area contributed by atoms with Crippen molar-refractivity contribution in [3.63, 3.8) is 0 Å². The zero-order valence-electron chi connectivity index (χ0n) is 7.38. The van der Waals surface area contributed by atoms with Crippen molar-refractivity contribution in [2.24, 2.45) is 0 Å². The van der Waals surface area contributed by atoms with Crippen molar-refractivity contribution < 1.29 is 9.53 Å². The van der Waals surface area contributed by atoms with Crippen LogP contribution in [0, 0.1) is 0 Å². The van der Waals surface area contributed by atoms with Crippen molar-refractivity contribution in [2.75, 3.05) is 6.54 Å². The van der Waals surface area contributed by atoms with Crippen LogP contribution in [0.2, 0.25) is 0 Å². The molecule has 1 amide bonds. The van der Waals surface area contributed by atoms with Gasteiger partial charge in [0.1, 0.15) is 0 Å². The molecule has 1 fully saturated rings. The van der Waals surface area contributed by atoms with Gasteiger partial charge in [-0.1, -0.05) is 19.4 Å².